The predicted octanol–water partition coefficient (Wildman–Crippen LogP) is 3.24. The molecule has 1 aromatic carbocycles. The lowest BCUT2D eigenvalue weighted by molar-refractivity contribution is 0.356. The van der Waals surface area contributed by atoms with Gasteiger partial charge in [0.05, 0.1) is 6.61 Å². The standard InChI is InChI=1S/C15H21NO/c1-3-5-14(16-9-4-2)12-6-7-15-13(11-12)8-10-17-15/h3,6-7,11,14,16H,1,4-5,8-10H2,2H3. The van der Waals surface area contributed by atoms with Crippen molar-refractivity contribution in [1.29, 1.82) is 0 Å². The van der Waals surface area contributed by atoms with Crippen molar-refractivity contribution in [2.75, 3.05) is 13.2 Å². The van der Waals surface area contributed by atoms with Gasteiger partial charge in [-0.3, -0.25) is 0 Å². The molecule has 1 aliphatic heterocycles. The molecule has 0 radical (unpaired) electrons. The highest BCUT2D eigenvalue weighted by atomic mass is 16.5. The van der Waals surface area contributed by atoms with Crippen LogP contribution >= 0.6 is 0 Å². The normalized spacial score (nSPS) is 15.1. The first-order chi connectivity index (χ1) is 8.35. The second kappa shape index (κ2) is 5.87. The van der Waals surface area contributed by atoms with Crippen molar-refractivity contribution >= 4 is 0 Å². The minimum atomic E-state index is 0.387. The highest BCUT2D eigenvalue weighted by Crippen LogP contribution is 2.29. The lowest BCUT2D eigenvalue weighted by Crippen LogP contribution is -2.21. The Kier molecular flexibility index (Phi) is 4.21. The van der Waals surface area contributed by atoms with Crippen molar-refractivity contribution in [3.8, 4) is 5.75 Å². The molecule has 0 saturated carbocycles. The molecule has 0 bridgehead atoms. The molecule has 1 N–H and O–H groups in total. The van der Waals surface area contributed by atoms with Gasteiger partial charge in [0, 0.05) is 12.5 Å². The van der Waals surface area contributed by atoms with E-state index in [-0.39, 0.29) is 0 Å². The number of hydrogen-bond acceptors (Lipinski definition) is 2. The number of rotatable bonds is 6. The molecule has 2 rings (SSSR count). The maximum absolute atomic E-state index is 5.53. The number of benzene rings is 1. The van der Waals surface area contributed by atoms with E-state index >= 15 is 0 Å². The summed E-state index contributed by atoms with van der Waals surface area (Å²) >= 11 is 0. The van der Waals surface area contributed by atoms with Crippen LogP contribution in [-0.4, -0.2) is 13.2 Å². The number of fused-ring (bicyclic) bond motifs is 1. The molecule has 0 aliphatic carbocycles. The van der Waals surface area contributed by atoms with Crippen LogP contribution in [0.1, 0.15) is 36.9 Å². The molecule has 0 fully saturated rings. The highest BCUT2D eigenvalue weighted by Gasteiger charge is 2.15. The van der Waals surface area contributed by atoms with E-state index in [1.807, 2.05) is 6.08 Å². The van der Waals surface area contributed by atoms with Gasteiger partial charge < -0.3 is 10.1 Å². The third kappa shape index (κ3) is 2.89. The fraction of sp³-hybridized carbons (Fsp3) is 0.467. The van der Waals surface area contributed by atoms with Crippen LogP contribution in [0, 0.1) is 0 Å². The molecule has 2 nitrogen and oxygen atoms in total. The van der Waals surface area contributed by atoms with E-state index in [1.165, 1.54) is 11.1 Å². The van der Waals surface area contributed by atoms with Gasteiger partial charge in [0.1, 0.15) is 5.75 Å². The first kappa shape index (κ1) is 12.2. The summed E-state index contributed by atoms with van der Waals surface area (Å²) in [7, 11) is 0. The van der Waals surface area contributed by atoms with Gasteiger partial charge in [-0.05, 0) is 36.6 Å². The van der Waals surface area contributed by atoms with E-state index in [4.69, 9.17) is 4.74 Å². The van der Waals surface area contributed by atoms with Crippen LogP contribution in [0.5, 0.6) is 5.75 Å². The zero-order valence-corrected chi connectivity index (χ0v) is 10.5. The highest BCUT2D eigenvalue weighted by molar-refractivity contribution is 5.40. The Labute approximate surface area is 104 Å². The SMILES string of the molecule is C=CCC(NCCC)c1ccc2c(c1)CCO2. The fourth-order valence-electron chi connectivity index (χ4n) is 2.25. The summed E-state index contributed by atoms with van der Waals surface area (Å²) in [6.45, 7) is 7.91. The molecule has 1 heterocycles. The smallest absolute Gasteiger partial charge is 0.122 e. The van der Waals surface area contributed by atoms with Crippen molar-refractivity contribution in [3.05, 3.63) is 42.0 Å². The van der Waals surface area contributed by atoms with E-state index in [2.05, 4.69) is 37.0 Å². The van der Waals surface area contributed by atoms with Gasteiger partial charge in [0.15, 0.2) is 0 Å². The Bertz CT molecular complexity index is 387. The monoisotopic (exact) mass is 231 g/mol. The first-order valence-corrected chi connectivity index (χ1v) is 6.45. The summed E-state index contributed by atoms with van der Waals surface area (Å²) in [5.41, 5.74) is 2.69. The van der Waals surface area contributed by atoms with Gasteiger partial charge in [-0.1, -0.05) is 25.1 Å². The Morgan fingerprint density at radius 1 is 1.53 bits per heavy atom. The average Bonchev–Trinajstić information content (AvgIpc) is 2.81. The third-order valence-corrected chi connectivity index (χ3v) is 3.16. The van der Waals surface area contributed by atoms with Crippen molar-refractivity contribution in [2.45, 2.75) is 32.2 Å². The summed E-state index contributed by atoms with van der Waals surface area (Å²) < 4.78 is 5.53. The summed E-state index contributed by atoms with van der Waals surface area (Å²) in [4.78, 5) is 0. The van der Waals surface area contributed by atoms with Crippen LogP contribution in [0.2, 0.25) is 0 Å². The first-order valence-electron chi connectivity index (χ1n) is 6.45. The van der Waals surface area contributed by atoms with Crippen molar-refractivity contribution in [1.82, 2.24) is 5.32 Å². The van der Waals surface area contributed by atoms with Gasteiger partial charge in [-0.2, -0.15) is 0 Å². The van der Waals surface area contributed by atoms with Crippen molar-refractivity contribution in [2.24, 2.45) is 0 Å². The van der Waals surface area contributed by atoms with Crippen LogP contribution in [0.25, 0.3) is 0 Å². The maximum Gasteiger partial charge on any atom is 0.122 e. The summed E-state index contributed by atoms with van der Waals surface area (Å²) in [6.07, 6.45) is 5.15. The van der Waals surface area contributed by atoms with E-state index in [1.54, 1.807) is 0 Å². The van der Waals surface area contributed by atoms with E-state index in [0.29, 0.717) is 6.04 Å². The van der Waals surface area contributed by atoms with Crippen LogP contribution in [0.15, 0.2) is 30.9 Å². The van der Waals surface area contributed by atoms with E-state index < -0.39 is 0 Å². The topological polar surface area (TPSA) is 21.3 Å². The molecule has 1 aromatic rings. The van der Waals surface area contributed by atoms with Gasteiger partial charge in [-0.15, -0.1) is 6.58 Å². The number of hydrogen-bond donors (Lipinski definition) is 1. The van der Waals surface area contributed by atoms with Gasteiger partial charge >= 0.3 is 0 Å². The molecule has 1 atom stereocenters. The predicted molar refractivity (Wildman–Crippen MR) is 71.5 cm³/mol. The van der Waals surface area contributed by atoms with Crippen LogP contribution in [0.4, 0.5) is 0 Å². The van der Waals surface area contributed by atoms with E-state index in [9.17, 15) is 0 Å². The van der Waals surface area contributed by atoms with Crippen LogP contribution in [-0.2, 0) is 6.42 Å². The molecule has 17 heavy (non-hydrogen) atoms. The Balaban J connectivity index is 2.14. The van der Waals surface area contributed by atoms with E-state index in [0.717, 1.165) is 38.2 Å². The fourth-order valence-corrected chi connectivity index (χ4v) is 2.25. The quantitative estimate of drug-likeness (QED) is 0.759. The molecular weight excluding hydrogens is 210 g/mol. The van der Waals surface area contributed by atoms with Crippen molar-refractivity contribution < 1.29 is 4.74 Å². The third-order valence-electron chi connectivity index (χ3n) is 3.16. The Morgan fingerprint density at radius 3 is 3.18 bits per heavy atom. The van der Waals surface area contributed by atoms with Gasteiger partial charge in [0.25, 0.3) is 0 Å². The second-order valence-electron chi connectivity index (χ2n) is 4.50. The minimum Gasteiger partial charge on any atom is -0.493 e. The molecular formula is C15H21NO. The van der Waals surface area contributed by atoms with Crippen molar-refractivity contribution in [3.63, 3.8) is 0 Å². The van der Waals surface area contributed by atoms with Crippen LogP contribution in [0.3, 0.4) is 0 Å². The summed E-state index contributed by atoms with van der Waals surface area (Å²) in [6, 6.07) is 6.93. The zero-order valence-electron chi connectivity index (χ0n) is 10.5. The zero-order chi connectivity index (χ0) is 12.1. The molecule has 0 spiro atoms. The molecule has 2 heteroatoms. The number of nitrogens with one attached hydrogen (secondary N) is 1. The lowest BCUT2D eigenvalue weighted by Gasteiger charge is -2.18. The molecule has 92 valence electrons. The molecule has 1 aliphatic rings. The molecule has 0 aromatic heterocycles. The summed E-state index contributed by atoms with van der Waals surface area (Å²) in [5.74, 6) is 1.06. The lowest BCUT2D eigenvalue weighted by atomic mass is 10.00. The molecule has 0 saturated heterocycles. The average molecular weight is 231 g/mol. The van der Waals surface area contributed by atoms with Gasteiger partial charge in [-0.25, -0.2) is 0 Å². The molecule has 1 unspecified atom stereocenters. The maximum atomic E-state index is 5.53. The second-order valence-corrected chi connectivity index (χ2v) is 4.50. The molecule has 0 amide bonds. The largest absolute Gasteiger partial charge is 0.493 e. The Morgan fingerprint density at radius 2 is 2.41 bits per heavy atom. The minimum absolute atomic E-state index is 0.387. The Hall–Kier alpha value is -1.28. The van der Waals surface area contributed by atoms with Gasteiger partial charge in [0.2, 0.25) is 0 Å². The summed E-state index contributed by atoms with van der Waals surface area (Å²) in [5, 5.41) is 3.57. The van der Waals surface area contributed by atoms with Crippen LogP contribution < -0.4 is 10.1 Å². The number of ether oxygens (including phenoxy) is 1.